The van der Waals surface area contributed by atoms with Crippen LogP contribution in [-0.2, 0) is 9.53 Å². The average molecular weight is 251 g/mol. The number of rotatable bonds is 4. The number of ether oxygens (including phenoxy) is 1. The number of nitrogens with zero attached hydrogens (tertiary/aromatic N) is 1. The van der Waals surface area contributed by atoms with Gasteiger partial charge in [-0.25, -0.2) is 0 Å². The van der Waals surface area contributed by atoms with Crippen molar-refractivity contribution in [2.75, 3.05) is 6.61 Å². The van der Waals surface area contributed by atoms with Crippen molar-refractivity contribution in [2.24, 2.45) is 4.99 Å². The molecular formula is C11H16F3NO2. The predicted octanol–water partition coefficient (Wildman–Crippen LogP) is 2.89. The Labute approximate surface area is 98.0 Å². The molecule has 0 radical (unpaired) electrons. The Balaban J connectivity index is 2.69. The third-order valence-electron chi connectivity index (χ3n) is 2.61. The summed E-state index contributed by atoms with van der Waals surface area (Å²) in [4.78, 5) is 14.7. The second kappa shape index (κ2) is 6.02. The van der Waals surface area contributed by atoms with Crippen LogP contribution >= 0.6 is 0 Å². The van der Waals surface area contributed by atoms with Crippen LogP contribution in [0, 0.1) is 0 Å². The molecule has 17 heavy (non-hydrogen) atoms. The molecule has 0 unspecified atom stereocenters. The third-order valence-corrected chi connectivity index (χ3v) is 2.61. The number of carbonyl (C=O) groups excluding carboxylic acids is 1. The zero-order valence-electron chi connectivity index (χ0n) is 9.72. The summed E-state index contributed by atoms with van der Waals surface area (Å²) in [6.07, 6.45) is -2.19. The Hall–Kier alpha value is -1.07. The highest BCUT2D eigenvalue weighted by atomic mass is 19.4. The molecule has 1 aliphatic rings. The van der Waals surface area contributed by atoms with E-state index in [2.05, 4.69) is 9.73 Å². The van der Waals surface area contributed by atoms with E-state index in [0.29, 0.717) is 12.8 Å². The van der Waals surface area contributed by atoms with Gasteiger partial charge in [-0.2, -0.15) is 13.2 Å². The molecule has 0 N–H and O–H groups in total. The SMILES string of the molecule is CCOC(=O)CC(=NC1CCCC1)C(F)(F)F. The quantitative estimate of drug-likeness (QED) is 0.569. The van der Waals surface area contributed by atoms with Gasteiger partial charge in [0.2, 0.25) is 0 Å². The van der Waals surface area contributed by atoms with Crippen LogP contribution in [0.1, 0.15) is 39.0 Å². The van der Waals surface area contributed by atoms with Gasteiger partial charge in [0.15, 0.2) is 0 Å². The van der Waals surface area contributed by atoms with Crippen LogP contribution < -0.4 is 0 Å². The predicted molar refractivity (Wildman–Crippen MR) is 57.0 cm³/mol. The van der Waals surface area contributed by atoms with Crippen molar-refractivity contribution >= 4 is 11.7 Å². The van der Waals surface area contributed by atoms with Crippen LogP contribution in [0.15, 0.2) is 4.99 Å². The fourth-order valence-electron chi connectivity index (χ4n) is 1.82. The summed E-state index contributed by atoms with van der Waals surface area (Å²) in [7, 11) is 0. The molecule has 0 aliphatic heterocycles. The van der Waals surface area contributed by atoms with Gasteiger partial charge in [0.05, 0.1) is 19.1 Å². The molecule has 98 valence electrons. The molecule has 0 heterocycles. The zero-order chi connectivity index (χ0) is 12.9. The highest BCUT2D eigenvalue weighted by Crippen LogP contribution is 2.26. The Bertz CT molecular complexity index is 294. The third kappa shape index (κ3) is 4.75. The molecule has 1 saturated carbocycles. The smallest absolute Gasteiger partial charge is 0.429 e. The first-order chi connectivity index (χ1) is 7.93. The lowest BCUT2D eigenvalue weighted by Gasteiger charge is -2.12. The summed E-state index contributed by atoms with van der Waals surface area (Å²) in [5.74, 6) is -0.874. The van der Waals surface area contributed by atoms with Gasteiger partial charge in [-0.15, -0.1) is 0 Å². The number of alkyl halides is 3. The second-order valence-corrected chi connectivity index (χ2v) is 3.99. The number of hydrogen-bond donors (Lipinski definition) is 0. The normalized spacial score (nSPS) is 18.5. The molecule has 6 heteroatoms. The van der Waals surface area contributed by atoms with E-state index in [4.69, 9.17) is 0 Å². The molecule has 1 fully saturated rings. The molecule has 0 aromatic carbocycles. The fraction of sp³-hybridized carbons (Fsp3) is 0.818. The monoisotopic (exact) mass is 251 g/mol. The Morgan fingerprint density at radius 1 is 1.35 bits per heavy atom. The summed E-state index contributed by atoms with van der Waals surface area (Å²) < 4.78 is 42.4. The first-order valence-electron chi connectivity index (χ1n) is 5.73. The molecule has 0 spiro atoms. The van der Waals surface area contributed by atoms with Crippen molar-refractivity contribution in [1.82, 2.24) is 0 Å². The minimum atomic E-state index is -4.55. The van der Waals surface area contributed by atoms with E-state index < -0.39 is 24.3 Å². The molecule has 0 atom stereocenters. The van der Waals surface area contributed by atoms with Gasteiger partial charge < -0.3 is 4.74 Å². The maximum Gasteiger partial charge on any atom is 0.429 e. The van der Waals surface area contributed by atoms with Gasteiger partial charge in [0.1, 0.15) is 5.71 Å². The van der Waals surface area contributed by atoms with Crippen molar-refractivity contribution in [1.29, 1.82) is 0 Å². The number of carbonyl (C=O) groups is 1. The van der Waals surface area contributed by atoms with E-state index in [0.717, 1.165) is 12.8 Å². The molecule has 0 amide bonds. The molecule has 0 saturated heterocycles. The maximum atomic E-state index is 12.6. The van der Waals surface area contributed by atoms with E-state index in [-0.39, 0.29) is 12.6 Å². The van der Waals surface area contributed by atoms with Crippen molar-refractivity contribution in [3.63, 3.8) is 0 Å². The lowest BCUT2D eigenvalue weighted by molar-refractivity contribution is -0.142. The van der Waals surface area contributed by atoms with Crippen LogP contribution in [0.2, 0.25) is 0 Å². The van der Waals surface area contributed by atoms with E-state index in [1.807, 2.05) is 0 Å². The molecular weight excluding hydrogens is 235 g/mol. The molecule has 1 rings (SSSR count). The molecule has 0 aromatic rings. The maximum absolute atomic E-state index is 12.6. The van der Waals surface area contributed by atoms with Gasteiger partial charge in [-0.1, -0.05) is 12.8 Å². The van der Waals surface area contributed by atoms with Crippen LogP contribution in [0.4, 0.5) is 13.2 Å². The van der Waals surface area contributed by atoms with Gasteiger partial charge in [0, 0.05) is 0 Å². The summed E-state index contributed by atoms with van der Waals surface area (Å²) in [5, 5.41) is 0. The molecule has 1 aliphatic carbocycles. The van der Waals surface area contributed by atoms with Crippen molar-refractivity contribution in [3.8, 4) is 0 Å². The highest BCUT2D eigenvalue weighted by Gasteiger charge is 2.38. The van der Waals surface area contributed by atoms with Crippen molar-refractivity contribution in [3.05, 3.63) is 0 Å². The van der Waals surface area contributed by atoms with E-state index >= 15 is 0 Å². The van der Waals surface area contributed by atoms with Gasteiger partial charge in [-0.3, -0.25) is 9.79 Å². The minimum absolute atomic E-state index is 0.0768. The van der Waals surface area contributed by atoms with E-state index in [1.54, 1.807) is 6.92 Å². The Morgan fingerprint density at radius 3 is 2.41 bits per heavy atom. The van der Waals surface area contributed by atoms with E-state index in [1.165, 1.54) is 0 Å². The van der Waals surface area contributed by atoms with Gasteiger partial charge in [-0.05, 0) is 19.8 Å². The van der Waals surface area contributed by atoms with Crippen LogP contribution in [0.5, 0.6) is 0 Å². The number of hydrogen-bond acceptors (Lipinski definition) is 3. The first-order valence-corrected chi connectivity index (χ1v) is 5.73. The number of halogens is 3. The summed E-state index contributed by atoms with van der Waals surface area (Å²) in [5.41, 5.74) is -1.01. The standard InChI is InChI=1S/C11H16F3NO2/c1-2-17-10(16)7-9(11(12,13)14)15-8-5-3-4-6-8/h8H,2-7H2,1H3. The number of aliphatic imine (C=N–C) groups is 1. The van der Waals surface area contributed by atoms with Crippen LogP contribution in [0.25, 0.3) is 0 Å². The van der Waals surface area contributed by atoms with Crippen LogP contribution in [0.3, 0.4) is 0 Å². The summed E-state index contributed by atoms with van der Waals surface area (Å²) in [6.45, 7) is 1.63. The number of esters is 1. The Kier molecular flexibility index (Phi) is 4.96. The highest BCUT2D eigenvalue weighted by molar-refractivity contribution is 6.02. The first kappa shape index (κ1) is 14.0. The molecule has 0 aromatic heterocycles. The lowest BCUT2D eigenvalue weighted by Crippen LogP contribution is -2.28. The average Bonchev–Trinajstić information content (AvgIpc) is 2.68. The summed E-state index contributed by atoms with van der Waals surface area (Å²) >= 11 is 0. The lowest BCUT2D eigenvalue weighted by atomic mass is 10.2. The topological polar surface area (TPSA) is 38.7 Å². The zero-order valence-corrected chi connectivity index (χ0v) is 9.72. The van der Waals surface area contributed by atoms with E-state index in [9.17, 15) is 18.0 Å². The van der Waals surface area contributed by atoms with Gasteiger partial charge >= 0.3 is 12.1 Å². The van der Waals surface area contributed by atoms with Crippen molar-refractivity contribution < 1.29 is 22.7 Å². The molecule has 3 nitrogen and oxygen atoms in total. The summed E-state index contributed by atoms with van der Waals surface area (Å²) in [6, 6.07) is -0.291. The fourth-order valence-corrected chi connectivity index (χ4v) is 1.82. The van der Waals surface area contributed by atoms with Crippen LogP contribution in [-0.4, -0.2) is 30.5 Å². The largest absolute Gasteiger partial charge is 0.466 e. The Morgan fingerprint density at radius 2 is 1.94 bits per heavy atom. The molecule has 0 bridgehead atoms. The van der Waals surface area contributed by atoms with Crippen molar-refractivity contribution in [2.45, 2.75) is 51.2 Å². The van der Waals surface area contributed by atoms with Gasteiger partial charge in [0.25, 0.3) is 0 Å². The second-order valence-electron chi connectivity index (χ2n) is 3.99. The minimum Gasteiger partial charge on any atom is -0.466 e.